The molecule has 0 aromatic rings. The van der Waals surface area contributed by atoms with Crippen LogP contribution in [0, 0.1) is 0 Å². The van der Waals surface area contributed by atoms with Gasteiger partial charge in [0.05, 0.1) is 40.3 Å². The van der Waals surface area contributed by atoms with Crippen molar-refractivity contribution >= 4 is 17.9 Å². The van der Waals surface area contributed by atoms with Gasteiger partial charge < -0.3 is 33.3 Å². The van der Waals surface area contributed by atoms with E-state index < -0.39 is 24.3 Å². The number of carbonyl (C=O) groups excluding carboxylic acids is 3. The fourth-order valence-electron chi connectivity index (χ4n) is 5.63. The number of aliphatic carboxylic acids is 1. The van der Waals surface area contributed by atoms with Crippen molar-refractivity contribution in [2.45, 2.75) is 174 Å². The summed E-state index contributed by atoms with van der Waals surface area (Å²) in [6.07, 6.45) is 42.6. The number of rotatable bonds is 39. The number of nitrogens with zero attached hydrogens (tertiary/aromatic N) is 1. The van der Waals surface area contributed by atoms with Gasteiger partial charge in [-0.3, -0.25) is 9.59 Å². The van der Waals surface area contributed by atoms with Gasteiger partial charge in [0.1, 0.15) is 13.2 Å². The van der Waals surface area contributed by atoms with Crippen LogP contribution in [0.5, 0.6) is 0 Å². The van der Waals surface area contributed by atoms with Crippen molar-refractivity contribution in [2.75, 3.05) is 47.5 Å². The highest BCUT2D eigenvalue weighted by molar-refractivity contribution is 5.70. The van der Waals surface area contributed by atoms with E-state index >= 15 is 0 Å². The van der Waals surface area contributed by atoms with Crippen LogP contribution in [0.4, 0.5) is 0 Å². The summed E-state index contributed by atoms with van der Waals surface area (Å²) in [6, 6.07) is 0. The van der Waals surface area contributed by atoms with Gasteiger partial charge in [-0.25, -0.2) is 0 Å². The van der Waals surface area contributed by atoms with E-state index in [2.05, 4.69) is 68.5 Å². The number of allylic oxidation sites excluding steroid dienone is 10. The SMILES string of the molecule is CC/C=C\C/C=C\C/C=C\C/C=C\C/C=C\CCCC(=O)OC(COC(=O)CCCCCCCCCCCCCCCC)COC(OCC[N+](C)(C)C)C(=O)[O-]. The van der Waals surface area contributed by atoms with Gasteiger partial charge in [0.15, 0.2) is 12.4 Å². The van der Waals surface area contributed by atoms with Crippen LogP contribution >= 0.6 is 0 Å². The Labute approximate surface area is 342 Å². The van der Waals surface area contributed by atoms with Crippen molar-refractivity contribution in [1.29, 1.82) is 0 Å². The van der Waals surface area contributed by atoms with Crippen LogP contribution in [0.15, 0.2) is 60.8 Å². The van der Waals surface area contributed by atoms with Crippen molar-refractivity contribution in [1.82, 2.24) is 0 Å². The van der Waals surface area contributed by atoms with E-state index in [1.165, 1.54) is 70.6 Å². The zero-order valence-electron chi connectivity index (χ0n) is 36.2. The van der Waals surface area contributed by atoms with Crippen LogP contribution < -0.4 is 5.11 Å². The van der Waals surface area contributed by atoms with E-state index in [1.807, 2.05) is 27.2 Å². The quantitative estimate of drug-likeness (QED) is 0.0199. The maximum atomic E-state index is 12.7. The van der Waals surface area contributed by atoms with Crippen molar-refractivity contribution in [2.24, 2.45) is 0 Å². The predicted molar refractivity (Wildman–Crippen MR) is 228 cm³/mol. The molecule has 322 valence electrons. The van der Waals surface area contributed by atoms with Gasteiger partial charge in [0.25, 0.3) is 0 Å². The maximum absolute atomic E-state index is 12.7. The Morgan fingerprint density at radius 2 is 1.02 bits per heavy atom. The molecule has 0 fully saturated rings. The summed E-state index contributed by atoms with van der Waals surface area (Å²) in [5.41, 5.74) is 0. The van der Waals surface area contributed by atoms with Gasteiger partial charge in [-0.2, -0.15) is 0 Å². The Hall–Kier alpha value is -3.01. The average molecular weight is 788 g/mol. The number of hydrogen-bond acceptors (Lipinski definition) is 8. The van der Waals surface area contributed by atoms with Gasteiger partial charge >= 0.3 is 11.9 Å². The lowest BCUT2D eigenvalue weighted by Gasteiger charge is -2.26. The van der Waals surface area contributed by atoms with Crippen LogP contribution in [-0.4, -0.2) is 82.3 Å². The molecule has 0 aromatic heterocycles. The van der Waals surface area contributed by atoms with Gasteiger partial charge in [-0.05, 0) is 51.4 Å². The third kappa shape index (κ3) is 39.2. The summed E-state index contributed by atoms with van der Waals surface area (Å²) < 4.78 is 22.5. The van der Waals surface area contributed by atoms with Gasteiger partial charge in [-0.1, -0.05) is 158 Å². The van der Waals surface area contributed by atoms with Crippen LogP contribution in [0.25, 0.3) is 0 Å². The molecule has 56 heavy (non-hydrogen) atoms. The van der Waals surface area contributed by atoms with E-state index in [0.29, 0.717) is 23.9 Å². The van der Waals surface area contributed by atoms with E-state index in [-0.39, 0.29) is 38.6 Å². The molecule has 9 nitrogen and oxygen atoms in total. The monoisotopic (exact) mass is 788 g/mol. The van der Waals surface area contributed by atoms with Crippen LogP contribution in [0.3, 0.4) is 0 Å². The minimum absolute atomic E-state index is 0.135. The number of esters is 2. The standard InChI is InChI=1S/C47H81NO8/c1-6-8-10-12-14-16-18-20-22-23-24-26-28-30-32-34-36-38-45(50)56-43(42-55-47(46(51)52)53-40-39-48(3,4)5)41-54-44(49)37-35-33-31-29-27-25-21-19-17-15-13-11-9-7-2/h8,10,14,16,20,22,24,26,30,32,43,47H,6-7,9,11-13,15,17-19,21,23,25,27-29,31,33-42H2,1-5H3/b10-8-,16-14-,22-20-,26-24-,32-30-. The van der Waals surface area contributed by atoms with E-state index in [0.717, 1.165) is 51.4 Å². The molecule has 0 bridgehead atoms. The highest BCUT2D eigenvalue weighted by Gasteiger charge is 2.21. The molecule has 0 aromatic carbocycles. The number of ether oxygens (including phenoxy) is 4. The molecule has 0 aliphatic carbocycles. The lowest BCUT2D eigenvalue weighted by Crippen LogP contribution is -2.44. The van der Waals surface area contributed by atoms with Gasteiger partial charge in [0, 0.05) is 12.8 Å². The molecule has 0 rings (SSSR count). The predicted octanol–water partition coefficient (Wildman–Crippen LogP) is 10.0. The molecule has 0 saturated heterocycles. The number of likely N-dealkylation sites (N-methyl/N-ethyl adjacent to an activating group) is 1. The summed E-state index contributed by atoms with van der Waals surface area (Å²) in [4.78, 5) is 36.9. The second kappa shape index (κ2) is 38.8. The first-order valence-electron chi connectivity index (χ1n) is 21.9. The molecule has 9 heteroatoms. The van der Waals surface area contributed by atoms with Gasteiger partial charge in [-0.15, -0.1) is 0 Å². The fourth-order valence-corrected chi connectivity index (χ4v) is 5.63. The van der Waals surface area contributed by atoms with Crippen LogP contribution in [0.2, 0.25) is 0 Å². The molecule has 0 aliphatic heterocycles. The fraction of sp³-hybridized carbons (Fsp3) is 0.723. The second-order valence-electron chi connectivity index (χ2n) is 15.6. The Kier molecular flexibility index (Phi) is 36.8. The lowest BCUT2D eigenvalue weighted by molar-refractivity contribution is -0.870. The molecule has 2 atom stereocenters. The van der Waals surface area contributed by atoms with E-state index in [9.17, 15) is 19.5 Å². The smallest absolute Gasteiger partial charge is 0.306 e. The highest BCUT2D eigenvalue weighted by atomic mass is 16.7. The molecule has 0 spiro atoms. The first kappa shape index (κ1) is 53.0. The van der Waals surface area contributed by atoms with E-state index in [4.69, 9.17) is 18.9 Å². The molecule has 2 unspecified atom stereocenters. The summed E-state index contributed by atoms with van der Waals surface area (Å²) in [5, 5.41) is 11.7. The zero-order chi connectivity index (χ0) is 41.4. The number of carboxylic acids is 1. The Morgan fingerprint density at radius 1 is 0.554 bits per heavy atom. The largest absolute Gasteiger partial charge is 0.545 e. The van der Waals surface area contributed by atoms with Crippen LogP contribution in [-0.2, 0) is 33.3 Å². The van der Waals surface area contributed by atoms with Crippen molar-refractivity contribution in [3.8, 4) is 0 Å². The molecule has 0 heterocycles. The first-order valence-corrected chi connectivity index (χ1v) is 21.9. The van der Waals surface area contributed by atoms with Gasteiger partial charge in [0.2, 0.25) is 0 Å². The normalized spacial score (nSPS) is 13.5. The second-order valence-corrected chi connectivity index (χ2v) is 15.6. The summed E-state index contributed by atoms with van der Waals surface area (Å²) >= 11 is 0. The number of unbranched alkanes of at least 4 members (excludes halogenated alkanes) is 14. The number of quaternary nitrogens is 1. The Morgan fingerprint density at radius 3 is 1.50 bits per heavy atom. The molecule has 0 radical (unpaired) electrons. The lowest BCUT2D eigenvalue weighted by atomic mass is 10.0. The third-order valence-electron chi connectivity index (χ3n) is 9.03. The zero-order valence-corrected chi connectivity index (χ0v) is 36.2. The summed E-state index contributed by atoms with van der Waals surface area (Å²) in [5.74, 6) is -2.37. The minimum atomic E-state index is -1.63. The molecule has 0 amide bonds. The topological polar surface area (TPSA) is 111 Å². The van der Waals surface area contributed by atoms with Crippen molar-refractivity contribution in [3.05, 3.63) is 60.8 Å². The molecular weight excluding hydrogens is 707 g/mol. The Bertz CT molecular complexity index is 1100. The maximum Gasteiger partial charge on any atom is 0.306 e. The number of carbonyl (C=O) groups is 3. The summed E-state index contributed by atoms with van der Waals surface area (Å²) in [6.45, 7) is 4.54. The number of hydrogen-bond donors (Lipinski definition) is 0. The molecule has 0 aliphatic rings. The molecule has 0 N–H and O–H groups in total. The number of carboxylic acid groups (broad SMARTS) is 1. The van der Waals surface area contributed by atoms with Crippen LogP contribution in [0.1, 0.15) is 162 Å². The Balaban J connectivity index is 4.56. The molecular formula is C47H81NO8. The highest BCUT2D eigenvalue weighted by Crippen LogP contribution is 2.14. The third-order valence-corrected chi connectivity index (χ3v) is 9.03. The summed E-state index contributed by atoms with van der Waals surface area (Å²) in [7, 11) is 5.88. The minimum Gasteiger partial charge on any atom is -0.545 e. The molecule has 0 saturated carbocycles. The van der Waals surface area contributed by atoms with Crippen molar-refractivity contribution < 1.29 is 42.9 Å². The average Bonchev–Trinajstić information content (AvgIpc) is 3.15. The van der Waals surface area contributed by atoms with Crippen molar-refractivity contribution in [3.63, 3.8) is 0 Å². The first-order chi connectivity index (χ1) is 27.1. The van der Waals surface area contributed by atoms with E-state index in [1.54, 1.807) is 0 Å².